The monoisotopic (exact) mass is 237 g/mol. The molecule has 0 aliphatic heterocycles. The normalized spacial score (nSPS) is 10.6. The first-order chi connectivity index (χ1) is 6.16. The van der Waals surface area contributed by atoms with Crippen molar-refractivity contribution in [3.05, 3.63) is 34.4 Å². The fraction of sp³-hybridized carbons (Fsp3) is 0.100. The summed E-state index contributed by atoms with van der Waals surface area (Å²) in [6.07, 6.45) is 1.45. The molecule has 0 atom stereocenters. The Morgan fingerprint density at radius 2 is 2.08 bits per heavy atom. The van der Waals surface area contributed by atoms with Crippen LogP contribution in [0, 0.1) is 6.92 Å². The van der Waals surface area contributed by atoms with Crippen LogP contribution >= 0.6 is 15.9 Å². The number of fused-ring (bicyclic) bond motifs is 1. The van der Waals surface area contributed by atoms with E-state index in [1.807, 2.05) is 19.1 Å². The summed E-state index contributed by atoms with van der Waals surface area (Å²) in [6, 6.07) is 5.71. The molecule has 2 nitrogen and oxygen atoms in total. The summed E-state index contributed by atoms with van der Waals surface area (Å²) in [7, 11) is 0. The summed E-state index contributed by atoms with van der Waals surface area (Å²) >= 11 is 3.43. The summed E-state index contributed by atoms with van der Waals surface area (Å²) in [5.74, 6) is 0.199. The minimum Gasteiger partial charge on any atom is -0.506 e. The predicted octanol–water partition coefficient (Wildman–Crippen LogP) is 3.01. The summed E-state index contributed by atoms with van der Waals surface area (Å²) in [5, 5.41) is 10.2. The second kappa shape index (κ2) is 3.00. The van der Waals surface area contributed by atoms with Gasteiger partial charge in [-0.15, -0.1) is 0 Å². The number of pyridine rings is 1. The number of aromatic nitrogens is 1. The first-order valence-electron chi connectivity index (χ1n) is 3.92. The average molecular weight is 238 g/mol. The van der Waals surface area contributed by atoms with E-state index in [1.165, 1.54) is 6.20 Å². The van der Waals surface area contributed by atoms with E-state index in [0.717, 1.165) is 20.9 Å². The molecule has 1 aromatic heterocycles. The number of rotatable bonds is 0. The van der Waals surface area contributed by atoms with Crippen LogP contribution in [0.25, 0.3) is 10.9 Å². The van der Waals surface area contributed by atoms with Crippen molar-refractivity contribution in [1.29, 1.82) is 0 Å². The topological polar surface area (TPSA) is 33.1 Å². The van der Waals surface area contributed by atoms with Crippen LogP contribution in [0.4, 0.5) is 0 Å². The third-order valence-corrected chi connectivity index (χ3v) is 2.47. The molecule has 1 aromatic carbocycles. The number of halogens is 1. The van der Waals surface area contributed by atoms with Crippen molar-refractivity contribution in [2.24, 2.45) is 0 Å². The zero-order chi connectivity index (χ0) is 9.42. The van der Waals surface area contributed by atoms with Crippen LogP contribution in [0.1, 0.15) is 5.56 Å². The van der Waals surface area contributed by atoms with Gasteiger partial charge in [0, 0.05) is 9.86 Å². The Balaban J connectivity index is 2.86. The molecule has 13 heavy (non-hydrogen) atoms. The zero-order valence-electron chi connectivity index (χ0n) is 7.08. The molecule has 0 bridgehead atoms. The van der Waals surface area contributed by atoms with E-state index in [4.69, 9.17) is 0 Å². The first-order valence-corrected chi connectivity index (χ1v) is 4.71. The maximum Gasteiger partial charge on any atom is 0.134 e. The molecule has 0 amide bonds. The van der Waals surface area contributed by atoms with Gasteiger partial charge in [-0.05, 0) is 46.6 Å². The molecule has 0 fully saturated rings. The highest BCUT2D eigenvalue weighted by atomic mass is 79.9. The lowest BCUT2D eigenvalue weighted by Gasteiger charge is -2.01. The molecule has 0 aliphatic carbocycles. The Labute approximate surface area is 84.4 Å². The number of hydrogen-bond donors (Lipinski definition) is 1. The van der Waals surface area contributed by atoms with E-state index in [2.05, 4.69) is 20.9 Å². The van der Waals surface area contributed by atoms with Crippen molar-refractivity contribution in [2.75, 3.05) is 0 Å². The van der Waals surface area contributed by atoms with Crippen molar-refractivity contribution < 1.29 is 5.11 Å². The summed E-state index contributed by atoms with van der Waals surface area (Å²) in [6.45, 7) is 2.01. The molecule has 0 radical (unpaired) electrons. The Morgan fingerprint density at radius 1 is 1.31 bits per heavy atom. The van der Waals surface area contributed by atoms with E-state index in [-0.39, 0.29) is 5.75 Å². The molecular weight excluding hydrogens is 230 g/mol. The molecule has 0 unspecified atom stereocenters. The quantitative estimate of drug-likeness (QED) is 0.765. The first kappa shape index (κ1) is 8.51. The number of hydrogen-bond acceptors (Lipinski definition) is 2. The van der Waals surface area contributed by atoms with Crippen molar-refractivity contribution in [2.45, 2.75) is 6.92 Å². The van der Waals surface area contributed by atoms with Gasteiger partial charge in [-0.2, -0.15) is 0 Å². The number of aryl methyl sites for hydroxylation is 1. The van der Waals surface area contributed by atoms with Crippen LogP contribution < -0.4 is 0 Å². The van der Waals surface area contributed by atoms with Crippen LogP contribution in [0.15, 0.2) is 28.9 Å². The Morgan fingerprint density at radius 3 is 2.85 bits per heavy atom. The maximum atomic E-state index is 9.23. The molecule has 66 valence electrons. The van der Waals surface area contributed by atoms with Gasteiger partial charge in [0.2, 0.25) is 0 Å². The van der Waals surface area contributed by atoms with Crippen LogP contribution in [-0.2, 0) is 0 Å². The van der Waals surface area contributed by atoms with Crippen molar-refractivity contribution >= 4 is 26.8 Å². The summed E-state index contributed by atoms with van der Waals surface area (Å²) in [5.41, 5.74) is 2.02. The number of aromatic hydroxyl groups is 1. The van der Waals surface area contributed by atoms with Crippen molar-refractivity contribution in [1.82, 2.24) is 4.98 Å². The third kappa shape index (κ3) is 1.52. The highest BCUT2D eigenvalue weighted by Gasteiger charge is 2.01. The molecule has 0 aliphatic rings. The van der Waals surface area contributed by atoms with Gasteiger partial charge in [-0.25, -0.2) is 0 Å². The Kier molecular flexibility index (Phi) is 1.96. The van der Waals surface area contributed by atoms with E-state index in [1.54, 1.807) is 6.07 Å². The lowest BCUT2D eigenvalue weighted by atomic mass is 10.1. The molecular formula is C10H8BrNO. The molecule has 0 saturated heterocycles. The molecule has 0 saturated carbocycles. The van der Waals surface area contributed by atoms with Crippen LogP contribution in [0.2, 0.25) is 0 Å². The molecule has 1 heterocycles. The van der Waals surface area contributed by atoms with Crippen LogP contribution in [-0.4, -0.2) is 10.1 Å². The smallest absolute Gasteiger partial charge is 0.134 e. The highest BCUT2D eigenvalue weighted by molar-refractivity contribution is 9.10. The Bertz CT molecular complexity index is 462. The second-order valence-electron chi connectivity index (χ2n) is 3.01. The van der Waals surface area contributed by atoms with Gasteiger partial charge in [0.1, 0.15) is 5.75 Å². The number of benzene rings is 1. The molecule has 1 N–H and O–H groups in total. The fourth-order valence-electron chi connectivity index (χ4n) is 1.33. The van der Waals surface area contributed by atoms with Gasteiger partial charge in [-0.1, -0.05) is 0 Å². The van der Waals surface area contributed by atoms with Crippen LogP contribution in [0.5, 0.6) is 5.75 Å². The average Bonchev–Trinajstić information content (AvgIpc) is 2.02. The number of nitrogens with zero attached hydrogens (tertiary/aromatic N) is 1. The lowest BCUT2D eigenvalue weighted by Crippen LogP contribution is -1.82. The lowest BCUT2D eigenvalue weighted by molar-refractivity contribution is 0.474. The molecule has 2 rings (SSSR count). The fourth-order valence-corrected chi connectivity index (χ4v) is 2.03. The van der Waals surface area contributed by atoms with Gasteiger partial charge < -0.3 is 5.11 Å². The third-order valence-electron chi connectivity index (χ3n) is 1.87. The summed E-state index contributed by atoms with van der Waals surface area (Å²) < 4.78 is 0.961. The standard InChI is InChI=1S/C10H8BrNO/c1-6-2-7-4-8(13)5-12-10(7)9(11)3-6/h2-5,13H,1H3. The molecule has 3 heteroatoms. The highest BCUT2D eigenvalue weighted by Crippen LogP contribution is 2.25. The predicted molar refractivity (Wildman–Crippen MR) is 55.8 cm³/mol. The summed E-state index contributed by atoms with van der Waals surface area (Å²) in [4.78, 5) is 4.12. The Hall–Kier alpha value is -1.09. The van der Waals surface area contributed by atoms with Gasteiger partial charge in [0.05, 0.1) is 11.7 Å². The second-order valence-corrected chi connectivity index (χ2v) is 3.87. The van der Waals surface area contributed by atoms with E-state index in [9.17, 15) is 5.11 Å². The maximum absolute atomic E-state index is 9.23. The van der Waals surface area contributed by atoms with Crippen LogP contribution in [0.3, 0.4) is 0 Å². The zero-order valence-corrected chi connectivity index (χ0v) is 8.67. The van der Waals surface area contributed by atoms with Crippen molar-refractivity contribution in [3.8, 4) is 5.75 Å². The molecule has 0 spiro atoms. The van der Waals surface area contributed by atoms with Gasteiger partial charge in [0.25, 0.3) is 0 Å². The SMILES string of the molecule is Cc1cc(Br)c2ncc(O)cc2c1. The van der Waals surface area contributed by atoms with Gasteiger partial charge >= 0.3 is 0 Å². The minimum absolute atomic E-state index is 0.199. The minimum atomic E-state index is 0.199. The van der Waals surface area contributed by atoms with E-state index >= 15 is 0 Å². The van der Waals surface area contributed by atoms with E-state index < -0.39 is 0 Å². The van der Waals surface area contributed by atoms with Gasteiger partial charge in [0.15, 0.2) is 0 Å². The largest absolute Gasteiger partial charge is 0.506 e. The molecule has 2 aromatic rings. The van der Waals surface area contributed by atoms with E-state index in [0.29, 0.717) is 0 Å². The van der Waals surface area contributed by atoms with Crippen molar-refractivity contribution in [3.63, 3.8) is 0 Å². The van der Waals surface area contributed by atoms with Gasteiger partial charge in [-0.3, -0.25) is 4.98 Å².